The molecule has 0 bridgehead atoms. The predicted octanol–water partition coefficient (Wildman–Crippen LogP) is 9.94. The molecule has 19 nitrogen and oxygen atoms in total. The Kier molecular flexibility index (Phi) is 48.7. The summed E-state index contributed by atoms with van der Waals surface area (Å²) in [6.45, 7) is 1.55. The van der Waals surface area contributed by atoms with Gasteiger partial charge in [-0.05, 0) is 57.8 Å². The Morgan fingerprint density at radius 3 is 1.19 bits per heavy atom. The van der Waals surface area contributed by atoms with E-state index < -0.39 is 124 Å². The Morgan fingerprint density at radius 1 is 0.407 bits per heavy atom. The summed E-state index contributed by atoms with van der Waals surface area (Å²) >= 11 is 0. The van der Waals surface area contributed by atoms with Gasteiger partial charge in [-0.1, -0.05) is 254 Å². The number of hydrogen-bond donors (Lipinski definition) is 12. The van der Waals surface area contributed by atoms with Gasteiger partial charge >= 0.3 is 0 Å². The number of unbranched alkanes of at least 4 members (excludes halogenated alkanes) is 31. The molecule has 0 aromatic carbocycles. The molecule has 3 heterocycles. The average molecular weight is 1300 g/mol. The third kappa shape index (κ3) is 35.4. The maximum Gasteiger partial charge on any atom is 0.220 e. The lowest BCUT2D eigenvalue weighted by Crippen LogP contribution is -2.66. The van der Waals surface area contributed by atoms with Gasteiger partial charge in [-0.15, -0.1) is 0 Å². The van der Waals surface area contributed by atoms with Crippen LogP contribution in [0.2, 0.25) is 0 Å². The molecule has 3 fully saturated rings. The number of allylic oxidation sites excluding steroid dienone is 9. The minimum Gasteiger partial charge on any atom is -0.394 e. The maximum atomic E-state index is 13.3. The van der Waals surface area contributed by atoms with E-state index in [9.17, 15) is 61.0 Å². The quantitative estimate of drug-likeness (QED) is 0.0199. The van der Waals surface area contributed by atoms with E-state index in [0.717, 1.165) is 83.5 Å². The second-order valence-electron chi connectivity index (χ2n) is 25.7. The van der Waals surface area contributed by atoms with E-state index in [1.807, 2.05) is 6.08 Å². The second kappa shape index (κ2) is 53.6. The number of amides is 1. The molecule has 17 atom stereocenters. The zero-order valence-corrected chi connectivity index (χ0v) is 56.1. The molecule has 91 heavy (non-hydrogen) atoms. The number of carbonyl (C=O) groups excluding carboxylic acids is 1. The zero-order valence-electron chi connectivity index (χ0n) is 56.1. The van der Waals surface area contributed by atoms with Crippen molar-refractivity contribution in [2.24, 2.45) is 0 Å². The van der Waals surface area contributed by atoms with E-state index in [0.29, 0.717) is 6.42 Å². The van der Waals surface area contributed by atoms with Crippen LogP contribution in [-0.2, 0) is 33.2 Å². The number of aliphatic hydroxyl groups excluding tert-OH is 11. The van der Waals surface area contributed by atoms with Crippen molar-refractivity contribution in [3.63, 3.8) is 0 Å². The van der Waals surface area contributed by atoms with Crippen LogP contribution in [0.5, 0.6) is 0 Å². The summed E-state index contributed by atoms with van der Waals surface area (Å²) in [7, 11) is 0. The molecule has 0 spiro atoms. The van der Waals surface area contributed by atoms with Gasteiger partial charge in [0.1, 0.15) is 73.2 Å². The van der Waals surface area contributed by atoms with Crippen molar-refractivity contribution in [2.45, 2.75) is 362 Å². The summed E-state index contributed by atoms with van der Waals surface area (Å²) in [5.41, 5.74) is 0. The molecule has 1 amide bonds. The second-order valence-corrected chi connectivity index (χ2v) is 25.7. The zero-order chi connectivity index (χ0) is 66.1. The van der Waals surface area contributed by atoms with Crippen LogP contribution < -0.4 is 5.32 Å². The van der Waals surface area contributed by atoms with E-state index in [-0.39, 0.29) is 18.9 Å². The van der Waals surface area contributed by atoms with Crippen molar-refractivity contribution in [3.05, 3.63) is 60.8 Å². The number of rotatable bonds is 55. The van der Waals surface area contributed by atoms with Crippen LogP contribution in [0.25, 0.3) is 0 Å². The van der Waals surface area contributed by atoms with Crippen LogP contribution in [0.15, 0.2) is 60.8 Å². The van der Waals surface area contributed by atoms with E-state index in [4.69, 9.17) is 28.4 Å². The smallest absolute Gasteiger partial charge is 0.220 e. The van der Waals surface area contributed by atoms with Crippen LogP contribution in [0, 0.1) is 0 Å². The van der Waals surface area contributed by atoms with Gasteiger partial charge in [-0.25, -0.2) is 0 Å². The number of aliphatic hydroxyl groups is 11. The van der Waals surface area contributed by atoms with Gasteiger partial charge in [0.15, 0.2) is 18.9 Å². The number of nitrogens with one attached hydrogen (secondary N) is 1. The van der Waals surface area contributed by atoms with Crippen LogP contribution in [0.3, 0.4) is 0 Å². The molecule has 0 radical (unpaired) electrons. The minimum atomic E-state index is -1.98. The predicted molar refractivity (Wildman–Crippen MR) is 355 cm³/mol. The Balaban J connectivity index is 1.24. The number of ether oxygens (including phenoxy) is 6. The molecule has 3 saturated heterocycles. The highest BCUT2D eigenvalue weighted by Crippen LogP contribution is 2.33. The van der Waals surface area contributed by atoms with E-state index in [1.54, 1.807) is 6.08 Å². The molecule has 0 saturated carbocycles. The highest BCUT2D eigenvalue weighted by molar-refractivity contribution is 5.76. The minimum absolute atomic E-state index is 0.245. The molecule has 3 rings (SSSR count). The number of carbonyl (C=O) groups is 1. The van der Waals surface area contributed by atoms with Gasteiger partial charge in [0, 0.05) is 6.42 Å². The van der Waals surface area contributed by atoms with Crippen molar-refractivity contribution in [2.75, 3.05) is 26.4 Å². The fourth-order valence-corrected chi connectivity index (χ4v) is 12.0. The largest absolute Gasteiger partial charge is 0.394 e. The first-order valence-corrected chi connectivity index (χ1v) is 36.0. The van der Waals surface area contributed by atoms with Crippen molar-refractivity contribution >= 4 is 5.91 Å². The van der Waals surface area contributed by atoms with Crippen molar-refractivity contribution < 1.29 is 89.4 Å². The van der Waals surface area contributed by atoms with Gasteiger partial charge in [0.25, 0.3) is 0 Å². The summed E-state index contributed by atoms with van der Waals surface area (Å²) in [6, 6.07) is -0.969. The lowest BCUT2D eigenvalue weighted by molar-refractivity contribution is -0.379. The van der Waals surface area contributed by atoms with Crippen molar-refractivity contribution in [1.82, 2.24) is 5.32 Å². The standard InChI is InChI=1S/C72H129NO18/c1-3-5-7-9-11-12-13-14-15-16-17-18-19-20-21-22-23-24-25-26-27-28-29-30-31-32-33-34-35-36-37-38-39-40-41-42-44-46-48-50-60(78)73-55(56(77)49-47-45-43-10-8-6-4-2)54-86-70-66(84)63(81)68(58(52-75)88-70)91-72-67(85)64(82)69(59(53-76)89-72)90-71-65(83)62(80)61(79)57(51-74)87-71/h5,7,11-12,14-15,17-18,47,49,55-59,61-72,74-77,79-85H,3-4,6,8-10,13,16,19-46,48,50-54H2,1-2H3,(H,73,78)/b7-5-,12-11-,15-14-,18-17-,49-47+. The monoisotopic (exact) mass is 1300 g/mol. The van der Waals surface area contributed by atoms with Crippen LogP contribution in [-0.4, -0.2) is 193 Å². The number of hydrogen-bond acceptors (Lipinski definition) is 18. The molecule has 12 N–H and O–H groups in total. The van der Waals surface area contributed by atoms with Crippen molar-refractivity contribution in [1.29, 1.82) is 0 Å². The lowest BCUT2D eigenvalue weighted by Gasteiger charge is -2.48. The Labute approximate surface area is 547 Å². The van der Waals surface area contributed by atoms with Crippen molar-refractivity contribution in [3.8, 4) is 0 Å². The van der Waals surface area contributed by atoms with Gasteiger partial charge in [0.2, 0.25) is 5.91 Å². The topological polar surface area (TPSA) is 307 Å². The molecule has 0 aromatic rings. The van der Waals surface area contributed by atoms with E-state index in [1.165, 1.54) is 148 Å². The van der Waals surface area contributed by atoms with Gasteiger partial charge in [-0.2, -0.15) is 0 Å². The Morgan fingerprint density at radius 2 is 0.758 bits per heavy atom. The normalized spacial score (nSPS) is 28.2. The van der Waals surface area contributed by atoms with E-state index in [2.05, 4.69) is 67.8 Å². The molecule has 530 valence electrons. The molecule has 3 aliphatic rings. The SMILES string of the molecule is CC/C=C\C/C=C\C/C=C\C/C=C\CCCCCCCCCCCCCCCCCCCCCCCCCCCCC(=O)NC(COC1OC(CO)C(OC2OC(CO)C(OC3OC(CO)C(O)C(O)C3O)C(O)C2O)C(O)C1O)C(O)/C=C/CCCCCCC. The molecule has 0 aliphatic carbocycles. The Hall–Kier alpha value is -2.51. The molecule has 19 heteroatoms. The fraction of sp³-hybridized carbons (Fsp3) is 0.847. The molecular weight excluding hydrogens is 1170 g/mol. The summed E-state index contributed by atoms with van der Waals surface area (Å²) < 4.78 is 34.2. The van der Waals surface area contributed by atoms with Gasteiger partial charge in [0.05, 0.1) is 38.6 Å². The average Bonchev–Trinajstić information content (AvgIpc) is 1.40. The third-order valence-corrected chi connectivity index (χ3v) is 17.8. The highest BCUT2D eigenvalue weighted by Gasteiger charge is 2.53. The van der Waals surface area contributed by atoms with Gasteiger partial charge in [-0.3, -0.25) is 4.79 Å². The summed E-state index contributed by atoms with van der Waals surface area (Å²) in [5.74, 6) is -0.277. The summed E-state index contributed by atoms with van der Waals surface area (Å²) in [5, 5.41) is 120. The lowest BCUT2D eigenvalue weighted by atomic mass is 9.96. The van der Waals surface area contributed by atoms with Crippen LogP contribution >= 0.6 is 0 Å². The highest BCUT2D eigenvalue weighted by atomic mass is 16.8. The third-order valence-electron chi connectivity index (χ3n) is 17.8. The Bertz CT molecular complexity index is 1890. The maximum absolute atomic E-state index is 13.3. The molecule has 0 aromatic heterocycles. The van der Waals surface area contributed by atoms with E-state index >= 15 is 0 Å². The van der Waals surface area contributed by atoms with Crippen LogP contribution in [0.4, 0.5) is 0 Å². The first kappa shape index (κ1) is 82.7. The first-order valence-electron chi connectivity index (χ1n) is 36.0. The van der Waals surface area contributed by atoms with Gasteiger partial charge < -0.3 is 89.9 Å². The molecule has 17 unspecified atom stereocenters. The summed E-state index contributed by atoms with van der Waals surface area (Å²) in [6.07, 6.45) is 40.1. The fourth-order valence-electron chi connectivity index (χ4n) is 12.0. The summed E-state index contributed by atoms with van der Waals surface area (Å²) in [4.78, 5) is 13.3. The molecular formula is C72H129NO18. The first-order chi connectivity index (χ1) is 44.3. The van der Waals surface area contributed by atoms with Crippen LogP contribution in [0.1, 0.15) is 258 Å². The molecule has 3 aliphatic heterocycles.